The second kappa shape index (κ2) is 6.20. The summed E-state index contributed by atoms with van der Waals surface area (Å²) in [5.74, 6) is 0.411. The van der Waals surface area contributed by atoms with Crippen molar-refractivity contribution in [3.8, 4) is 0 Å². The Morgan fingerprint density at radius 2 is 1.95 bits per heavy atom. The molecule has 0 fully saturated rings. The van der Waals surface area contributed by atoms with Gasteiger partial charge in [0.05, 0.1) is 6.42 Å². The first-order valence-corrected chi connectivity index (χ1v) is 8.38. The highest BCUT2D eigenvalue weighted by Gasteiger charge is 2.29. The van der Waals surface area contributed by atoms with Crippen molar-refractivity contribution in [2.45, 2.75) is 12.3 Å². The van der Waals surface area contributed by atoms with E-state index in [0.717, 1.165) is 16.6 Å². The number of rotatable bonds is 4. The van der Waals surface area contributed by atoms with Crippen LogP contribution >= 0.6 is 27.5 Å². The van der Waals surface area contributed by atoms with Crippen molar-refractivity contribution in [3.63, 3.8) is 0 Å². The van der Waals surface area contributed by atoms with Crippen LogP contribution in [0.25, 0.3) is 0 Å². The highest BCUT2D eigenvalue weighted by molar-refractivity contribution is 9.09. The van der Waals surface area contributed by atoms with E-state index < -0.39 is 0 Å². The zero-order valence-corrected chi connectivity index (χ0v) is 13.8. The van der Waals surface area contributed by atoms with Gasteiger partial charge >= 0.3 is 0 Å². The van der Waals surface area contributed by atoms with Gasteiger partial charge < -0.3 is 4.90 Å². The second-order valence-corrected chi connectivity index (χ2v) is 6.30. The molecule has 3 rings (SSSR count). The van der Waals surface area contributed by atoms with Gasteiger partial charge in [0.1, 0.15) is 0 Å². The summed E-state index contributed by atoms with van der Waals surface area (Å²) in [6, 6.07) is 15.9. The summed E-state index contributed by atoms with van der Waals surface area (Å²) >= 11 is 9.65. The molecular weight excluding hydrogens is 350 g/mol. The van der Waals surface area contributed by atoms with Crippen molar-refractivity contribution < 1.29 is 4.79 Å². The fraction of sp³-hybridized carbons (Fsp3) is 0.235. The number of carbonyl (C=O) groups is 1. The number of hydrogen-bond acceptors (Lipinski definition) is 1. The minimum absolute atomic E-state index is 0.147. The average Bonchev–Trinajstić information content (AvgIpc) is 2.81. The Labute approximate surface area is 137 Å². The third-order valence-corrected chi connectivity index (χ3v) is 4.86. The lowest BCUT2D eigenvalue weighted by molar-refractivity contribution is -0.117. The van der Waals surface area contributed by atoms with Crippen molar-refractivity contribution in [1.82, 2.24) is 0 Å². The highest BCUT2D eigenvalue weighted by atomic mass is 79.9. The molecule has 1 amide bonds. The van der Waals surface area contributed by atoms with Gasteiger partial charge in [-0.15, -0.1) is 0 Å². The van der Waals surface area contributed by atoms with E-state index in [0.29, 0.717) is 18.0 Å². The molecule has 0 N–H and O–H groups in total. The standard InChI is InChI=1S/C17H15BrClNO/c18-10-14(12-4-2-1-3-5-12)11-20-16-9-15(19)7-6-13(16)8-17(20)21/h1-7,9,14H,8,10-11H2. The Morgan fingerprint density at radius 3 is 2.67 bits per heavy atom. The van der Waals surface area contributed by atoms with Crippen molar-refractivity contribution in [2.75, 3.05) is 16.8 Å². The molecule has 1 heterocycles. The molecule has 0 radical (unpaired) electrons. The molecule has 4 heteroatoms. The number of benzene rings is 2. The molecular formula is C17H15BrClNO. The Hall–Kier alpha value is -1.32. The number of amides is 1. The van der Waals surface area contributed by atoms with Gasteiger partial charge in [-0.1, -0.05) is 63.9 Å². The predicted octanol–water partition coefficient (Wildman–Crippen LogP) is 4.41. The lowest BCUT2D eigenvalue weighted by Gasteiger charge is -2.24. The number of hydrogen-bond donors (Lipinski definition) is 0. The van der Waals surface area contributed by atoms with E-state index in [1.807, 2.05) is 41.3 Å². The van der Waals surface area contributed by atoms with Crippen LogP contribution < -0.4 is 4.90 Å². The Bertz CT molecular complexity index is 659. The quantitative estimate of drug-likeness (QED) is 0.736. The van der Waals surface area contributed by atoms with E-state index in [1.54, 1.807) is 0 Å². The number of nitrogens with zero attached hydrogens (tertiary/aromatic N) is 1. The SMILES string of the molecule is O=C1Cc2ccc(Cl)cc2N1CC(CBr)c1ccccc1. The van der Waals surface area contributed by atoms with Crippen LogP contribution in [0.15, 0.2) is 48.5 Å². The van der Waals surface area contributed by atoms with Gasteiger partial charge in [0, 0.05) is 28.5 Å². The number of halogens is 2. The first-order chi connectivity index (χ1) is 10.2. The molecule has 1 unspecified atom stereocenters. The summed E-state index contributed by atoms with van der Waals surface area (Å²) in [7, 11) is 0. The van der Waals surface area contributed by atoms with Crippen LogP contribution in [-0.4, -0.2) is 17.8 Å². The molecule has 1 aliphatic rings. The number of fused-ring (bicyclic) bond motifs is 1. The molecule has 1 aliphatic heterocycles. The molecule has 0 aliphatic carbocycles. The van der Waals surface area contributed by atoms with Gasteiger partial charge in [0.25, 0.3) is 0 Å². The molecule has 0 saturated heterocycles. The van der Waals surface area contributed by atoms with Crippen LogP contribution in [0.1, 0.15) is 17.0 Å². The topological polar surface area (TPSA) is 20.3 Å². The smallest absolute Gasteiger partial charge is 0.231 e. The minimum Gasteiger partial charge on any atom is -0.311 e. The number of carbonyl (C=O) groups excluding carboxylic acids is 1. The number of alkyl halides is 1. The molecule has 0 bridgehead atoms. The first kappa shape index (κ1) is 14.6. The summed E-state index contributed by atoms with van der Waals surface area (Å²) in [4.78, 5) is 14.2. The summed E-state index contributed by atoms with van der Waals surface area (Å²) < 4.78 is 0. The molecule has 0 saturated carbocycles. The average molecular weight is 365 g/mol. The van der Waals surface area contributed by atoms with Crippen LogP contribution in [0, 0.1) is 0 Å². The van der Waals surface area contributed by atoms with Crippen LogP contribution in [0.5, 0.6) is 0 Å². The normalized spacial score (nSPS) is 15.1. The fourth-order valence-electron chi connectivity index (χ4n) is 2.72. The Kier molecular flexibility index (Phi) is 4.32. The maximum atomic E-state index is 12.3. The third kappa shape index (κ3) is 2.99. The van der Waals surface area contributed by atoms with Crippen molar-refractivity contribution >= 4 is 39.1 Å². The van der Waals surface area contributed by atoms with E-state index in [4.69, 9.17) is 11.6 Å². The largest absolute Gasteiger partial charge is 0.311 e. The van der Waals surface area contributed by atoms with Crippen molar-refractivity contribution in [3.05, 3.63) is 64.7 Å². The Morgan fingerprint density at radius 1 is 1.19 bits per heavy atom. The monoisotopic (exact) mass is 363 g/mol. The highest BCUT2D eigenvalue weighted by Crippen LogP contribution is 2.33. The molecule has 2 aromatic carbocycles. The lowest BCUT2D eigenvalue weighted by Crippen LogP contribution is -2.32. The van der Waals surface area contributed by atoms with Crippen LogP contribution in [0.4, 0.5) is 5.69 Å². The third-order valence-electron chi connectivity index (χ3n) is 3.84. The summed E-state index contributed by atoms with van der Waals surface area (Å²) in [5, 5.41) is 1.49. The van der Waals surface area contributed by atoms with Gasteiger partial charge in [-0.3, -0.25) is 4.79 Å². The molecule has 108 valence electrons. The summed E-state index contributed by atoms with van der Waals surface area (Å²) in [6.07, 6.45) is 0.469. The maximum Gasteiger partial charge on any atom is 0.231 e. The zero-order valence-electron chi connectivity index (χ0n) is 11.4. The molecule has 2 aromatic rings. The van der Waals surface area contributed by atoms with Gasteiger partial charge in [0.15, 0.2) is 0 Å². The first-order valence-electron chi connectivity index (χ1n) is 6.88. The number of anilines is 1. The van der Waals surface area contributed by atoms with E-state index in [-0.39, 0.29) is 11.8 Å². The van der Waals surface area contributed by atoms with Crippen molar-refractivity contribution in [1.29, 1.82) is 0 Å². The van der Waals surface area contributed by atoms with E-state index >= 15 is 0 Å². The minimum atomic E-state index is 0.147. The molecule has 21 heavy (non-hydrogen) atoms. The van der Waals surface area contributed by atoms with Crippen LogP contribution in [0.2, 0.25) is 5.02 Å². The van der Waals surface area contributed by atoms with Crippen molar-refractivity contribution in [2.24, 2.45) is 0 Å². The van der Waals surface area contributed by atoms with Gasteiger partial charge in [-0.2, -0.15) is 0 Å². The summed E-state index contributed by atoms with van der Waals surface area (Å²) in [6.45, 7) is 0.668. The van der Waals surface area contributed by atoms with Gasteiger partial charge in [0.2, 0.25) is 5.91 Å². The molecule has 2 nitrogen and oxygen atoms in total. The molecule has 0 aromatic heterocycles. The molecule has 1 atom stereocenters. The zero-order chi connectivity index (χ0) is 14.8. The van der Waals surface area contributed by atoms with Gasteiger partial charge in [-0.25, -0.2) is 0 Å². The van der Waals surface area contributed by atoms with E-state index in [1.165, 1.54) is 5.56 Å². The van der Waals surface area contributed by atoms with Crippen LogP contribution in [0.3, 0.4) is 0 Å². The Balaban J connectivity index is 1.88. The van der Waals surface area contributed by atoms with E-state index in [9.17, 15) is 4.79 Å². The fourth-order valence-corrected chi connectivity index (χ4v) is 3.46. The molecule has 0 spiro atoms. The second-order valence-electron chi connectivity index (χ2n) is 5.22. The maximum absolute atomic E-state index is 12.3. The predicted molar refractivity (Wildman–Crippen MR) is 90.5 cm³/mol. The van der Waals surface area contributed by atoms with Gasteiger partial charge in [-0.05, 0) is 23.3 Å². The summed E-state index contributed by atoms with van der Waals surface area (Å²) in [5.41, 5.74) is 3.25. The van der Waals surface area contributed by atoms with Crippen LogP contribution in [-0.2, 0) is 11.2 Å². The lowest BCUT2D eigenvalue weighted by atomic mass is 10.0. The van der Waals surface area contributed by atoms with E-state index in [2.05, 4.69) is 28.1 Å².